The van der Waals surface area contributed by atoms with Gasteiger partial charge in [-0.2, -0.15) is 0 Å². The molecule has 2 N–H and O–H groups in total. The van der Waals surface area contributed by atoms with Crippen molar-refractivity contribution in [2.24, 2.45) is 5.92 Å². The highest BCUT2D eigenvalue weighted by molar-refractivity contribution is 14.1. The van der Waals surface area contributed by atoms with Gasteiger partial charge >= 0.3 is 6.09 Å². The van der Waals surface area contributed by atoms with Crippen LogP contribution in [0.15, 0.2) is 42.5 Å². The fraction of sp³-hybridized carbons (Fsp3) is 0.391. The third-order valence-electron chi connectivity index (χ3n) is 5.83. The summed E-state index contributed by atoms with van der Waals surface area (Å²) >= 11 is 2.25. The number of anilines is 2. The van der Waals surface area contributed by atoms with Crippen LogP contribution in [0.4, 0.5) is 16.2 Å². The zero-order valence-corrected chi connectivity index (χ0v) is 19.0. The number of fused-ring (bicyclic) bond motifs is 1. The Labute approximate surface area is 190 Å². The van der Waals surface area contributed by atoms with Gasteiger partial charge in [0.2, 0.25) is 0 Å². The van der Waals surface area contributed by atoms with Crippen LogP contribution in [-0.4, -0.2) is 49.6 Å². The molecule has 2 aliphatic rings. The van der Waals surface area contributed by atoms with E-state index in [2.05, 4.69) is 38.1 Å². The van der Waals surface area contributed by atoms with Gasteiger partial charge in [-0.25, -0.2) is 4.79 Å². The molecule has 2 aromatic carbocycles. The number of piperidine rings is 1. The molecule has 158 valence electrons. The van der Waals surface area contributed by atoms with Crippen LogP contribution in [0.1, 0.15) is 28.8 Å². The van der Waals surface area contributed by atoms with Crippen molar-refractivity contribution in [1.29, 1.82) is 0 Å². The normalized spacial score (nSPS) is 16.6. The second kappa shape index (κ2) is 9.78. The maximum absolute atomic E-state index is 12.7. The molecule has 0 unspecified atom stereocenters. The molecule has 2 aromatic rings. The Bertz CT molecular complexity index is 908. The van der Waals surface area contributed by atoms with Crippen LogP contribution < -0.4 is 10.6 Å². The Kier molecular flexibility index (Phi) is 6.89. The van der Waals surface area contributed by atoms with Crippen molar-refractivity contribution in [3.8, 4) is 0 Å². The molecule has 2 aliphatic heterocycles. The van der Waals surface area contributed by atoms with Crippen molar-refractivity contribution in [3.05, 3.63) is 57.2 Å². The van der Waals surface area contributed by atoms with E-state index < -0.39 is 6.09 Å². The predicted molar refractivity (Wildman–Crippen MR) is 126 cm³/mol. The van der Waals surface area contributed by atoms with Crippen LogP contribution in [0.25, 0.3) is 0 Å². The number of nitrogens with zero attached hydrogens (tertiary/aromatic N) is 1. The number of Topliss-reactive ketones (excluding diaryl/α,β-unsaturated/α-hetero) is 1. The number of amides is 1. The number of ketones is 1. The Balaban J connectivity index is 1.18. The topological polar surface area (TPSA) is 70.7 Å². The quantitative estimate of drug-likeness (QED) is 0.438. The third kappa shape index (κ3) is 5.13. The van der Waals surface area contributed by atoms with Crippen LogP contribution in [0, 0.1) is 9.49 Å². The van der Waals surface area contributed by atoms with Crippen LogP contribution in [0.5, 0.6) is 0 Å². The van der Waals surface area contributed by atoms with E-state index in [1.807, 2.05) is 42.5 Å². The molecule has 0 aliphatic carbocycles. The van der Waals surface area contributed by atoms with E-state index in [4.69, 9.17) is 4.74 Å². The first-order valence-electron chi connectivity index (χ1n) is 10.4. The third-order valence-corrected chi connectivity index (χ3v) is 6.55. The minimum Gasteiger partial charge on any atom is -0.448 e. The summed E-state index contributed by atoms with van der Waals surface area (Å²) in [6, 6.07) is 13.6. The van der Waals surface area contributed by atoms with Gasteiger partial charge in [-0.15, -0.1) is 0 Å². The lowest BCUT2D eigenvalue weighted by Gasteiger charge is -2.31. The second-order valence-electron chi connectivity index (χ2n) is 7.76. The summed E-state index contributed by atoms with van der Waals surface area (Å²) in [6.07, 6.45) is 2.18. The lowest BCUT2D eigenvalue weighted by atomic mass is 9.89. The highest BCUT2D eigenvalue weighted by Crippen LogP contribution is 2.29. The number of hydrogen-bond acceptors (Lipinski definition) is 5. The van der Waals surface area contributed by atoms with Crippen molar-refractivity contribution in [2.45, 2.75) is 19.3 Å². The lowest BCUT2D eigenvalue weighted by molar-refractivity contribution is 0.0813. The molecule has 0 atom stereocenters. The van der Waals surface area contributed by atoms with Crippen molar-refractivity contribution in [2.75, 3.05) is 43.4 Å². The number of likely N-dealkylation sites (tertiary alicyclic amines) is 1. The summed E-state index contributed by atoms with van der Waals surface area (Å²) in [4.78, 5) is 27.1. The predicted octanol–water partition coefficient (Wildman–Crippen LogP) is 4.40. The van der Waals surface area contributed by atoms with E-state index in [0.717, 1.165) is 65.0 Å². The van der Waals surface area contributed by atoms with Gasteiger partial charge in [0.25, 0.3) is 0 Å². The number of carbonyl (C=O) groups excluding carboxylic acids is 2. The first-order valence-corrected chi connectivity index (χ1v) is 11.5. The van der Waals surface area contributed by atoms with E-state index in [1.54, 1.807) is 0 Å². The molecule has 1 amide bonds. The average molecular weight is 519 g/mol. The number of carbonyl (C=O) groups is 2. The monoisotopic (exact) mass is 519 g/mol. The van der Waals surface area contributed by atoms with E-state index in [1.165, 1.54) is 0 Å². The van der Waals surface area contributed by atoms with E-state index in [9.17, 15) is 9.59 Å². The maximum atomic E-state index is 12.7. The van der Waals surface area contributed by atoms with Crippen LogP contribution >= 0.6 is 22.6 Å². The summed E-state index contributed by atoms with van der Waals surface area (Å²) in [6.45, 7) is 3.62. The Hall–Kier alpha value is -2.13. The summed E-state index contributed by atoms with van der Waals surface area (Å²) in [7, 11) is 0. The molecule has 4 rings (SSSR count). The van der Waals surface area contributed by atoms with Crippen molar-refractivity contribution >= 4 is 45.8 Å². The fourth-order valence-electron chi connectivity index (χ4n) is 4.14. The Morgan fingerprint density at radius 2 is 1.90 bits per heavy atom. The first-order chi connectivity index (χ1) is 14.6. The molecule has 0 aromatic heterocycles. The second-order valence-corrected chi connectivity index (χ2v) is 9.00. The molecular formula is C23H26IN3O3. The number of nitrogens with one attached hydrogen (secondary N) is 2. The molecule has 6 nitrogen and oxygen atoms in total. The van der Waals surface area contributed by atoms with Gasteiger partial charge in [0.15, 0.2) is 5.78 Å². The minimum atomic E-state index is -0.418. The number of rotatable bonds is 6. The van der Waals surface area contributed by atoms with Gasteiger partial charge in [0.1, 0.15) is 6.61 Å². The van der Waals surface area contributed by atoms with Gasteiger partial charge < -0.3 is 10.1 Å². The molecule has 1 saturated heterocycles. The molecule has 7 heteroatoms. The van der Waals surface area contributed by atoms with Crippen molar-refractivity contribution in [3.63, 3.8) is 0 Å². The summed E-state index contributed by atoms with van der Waals surface area (Å²) in [5.74, 6) is 0.325. The largest absolute Gasteiger partial charge is 0.448 e. The standard InChI is InChI=1S/C23H26IN3O3/c24-18-6-4-16(5-7-18)22(28)17-9-12-27(13-10-17)14-15-30-23(29)26-21-3-1-2-20-19(21)8-11-25-20/h1-7,17,25H,8-15H2,(H,26,29). The smallest absolute Gasteiger partial charge is 0.411 e. The minimum absolute atomic E-state index is 0.0827. The molecule has 30 heavy (non-hydrogen) atoms. The molecule has 0 saturated carbocycles. The van der Waals surface area contributed by atoms with Gasteiger partial charge in [-0.05, 0) is 79.2 Å². The van der Waals surface area contributed by atoms with E-state index >= 15 is 0 Å². The van der Waals surface area contributed by atoms with Gasteiger partial charge in [-0.3, -0.25) is 15.0 Å². The fourth-order valence-corrected chi connectivity index (χ4v) is 4.50. The molecular weight excluding hydrogens is 493 g/mol. The van der Waals surface area contributed by atoms with Crippen LogP contribution in [0.2, 0.25) is 0 Å². The summed E-state index contributed by atoms with van der Waals surface area (Å²) in [5.41, 5.74) is 3.83. The Morgan fingerprint density at radius 3 is 2.67 bits per heavy atom. The number of hydrogen-bond donors (Lipinski definition) is 2. The molecule has 0 spiro atoms. The Morgan fingerprint density at radius 1 is 1.13 bits per heavy atom. The number of ether oxygens (including phenoxy) is 1. The molecule has 0 radical (unpaired) electrons. The van der Waals surface area contributed by atoms with Gasteiger partial charge in [0, 0.05) is 45.1 Å². The summed E-state index contributed by atoms with van der Waals surface area (Å²) < 4.78 is 6.52. The van der Waals surface area contributed by atoms with E-state index in [-0.39, 0.29) is 11.7 Å². The molecule has 1 fully saturated rings. The molecule has 0 bridgehead atoms. The highest BCUT2D eigenvalue weighted by atomic mass is 127. The van der Waals surface area contributed by atoms with Gasteiger partial charge in [-0.1, -0.05) is 18.2 Å². The zero-order chi connectivity index (χ0) is 20.9. The highest BCUT2D eigenvalue weighted by Gasteiger charge is 2.25. The number of halogens is 1. The SMILES string of the molecule is O=C(Nc1cccc2c1CCN2)OCCN1CCC(C(=O)c2ccc(I)cc2)CC1. The average Bonchev–Trinajstić information content (AvgIpc) is 3.24. The van der Waals surface area contributed by atoms with Crippen molar-refractivity contribution < 1.29 is 14.3 Å². The lowest BCUT2D eigenvalue weighted by Crippen LogP contribution is -2.38. The van der Waals surface area contributed by atoms with Gasteiger partial charge in [0.05, 0.1) is 0 Å². The summed E-state index contributed by atoms with van der Waals surface area (Å²) in [5, 5.41) is 6.16. The van der Waals surface area contributed by atoms with Crippen LogP contribution in [0.3, 0.4) is 0 Å². The number of benzene rings is 2. The maximum Gasteiger partial charge on any atom is 0.411 e. The first kappa shape index (κ1) is 21.1. The van der Waals surface area contributed by atoms with E-state index in [0.29, 0.717) is 13.2 Å². The zero-order valence-electron chi connectivity index (χ0n) is 16.8. The van der Waals surface area contributed by atoms with Crippen molar-refractivity contribution in [1.82, 2.24) is 4.90 Å². The van der Waals surface area contributed by atoms with Crippen LogP contribution in [-0.2, 0) is 11.2 Å². The molecule has 2 heterocycles.